The zero-order chi connectivity index (χ0) is 13.7. The highest BCUT2D eigenvalue weighted by Gasteiger charge is 2.01. The zero-order valence-corrected chi connectivity index (χ0v) is 11.1. The van der Waals surface area contributed by atoms with Crippen molar-refractivity contribution < 1.29 is 4.79 Å². The fourth-order valence-electron chi connectivity index (χ4n) is 1.78. The summed E-state index contributed by atoms with van der Waals surface area (Å²) in [5.41, 5.74) is 6.46. The van der Waals surface area contributed by atoms with E-state index >= 15 is 0 Å². The lowest BCUT2D eigenvalue weighted by Gasteiger charge is -2.02. The Balaban J connectivity index is 2.02. The molecule has 0 saturated heterocycles. The second kappa shape index (κ2) is 5.96. The first-order valence-electron chi connectivity index (χ1n) is 6.12. The average Bonchev–Trinajstić information content (AvgIpc) is 2.42. The van der Waals surface area contributed by atoms with Gasteiger partial charge in [0.2, 0.25) is 0 Å². The first kappa shape index (κ1) is 13.0. The topological polar surface area (TPSA) is 41.5 Å². The predicted octanol–water partition coefficient (Wildman–Crippen LogP) is 3.07. The van der Waals surface area contributed by atoms with Crippen molar-refractivity contribution in [3.05, 3.63) is 70.8 Å². The summed E-state index contributed by atoms with van der Waals surface area (Å²) in [6, 6.07) is 15.1. The number of nitrogens with one attached hydrogen (secondary N) is 1. The number of benzene rings is 2. The van der Waals surface area contributed by atoms with E-state index in [4.69, 9.17) is 0 Å². The molecule has 0 bridgehead atoms. The van der Waals surface area contributed by atoms with Gasteiger partial charge in [0.05, 0.1) is 6.21 Å². The molecule has 0 aliphatic heterocycles. The number of hydrogen-bond donors (Lipinski definition) is 1. The van der Waals surface area contributed by atoms with E-state index in [9.17, 15) is 4.79 Å². The highest BCUT2D eigenvalue weighted by atomic mass is 16.2. The number of hydrazone groups is 1. The van der Waals surface area contributed by atoms with Gasteiger partial charge in [0.15, 0.2) is 0 Å². The van der Waals surface area contributed by atoms with Crippen LogP contribution >= 0.6 is 0 Å². The van der Waals surface area contributed by atoms with Crippen LogP contribution in [0.25, 0.3) is 0 Å². The van der Waals surface area contributed by atoms with Gasteiger partial charge in [-0.25, -0.2) is 5.43 Å². The van der Waals surface area contributed by atoms with Crippen molar-refractivity contribution in [2.75, 3.05) is 0 Å². The molecule has 0 saturated carbocycles. The third-order valence-corrected chi connectivity index (χ3v) is 2.83. The second-order valence-electron chi connectivity index (χ2n) is 4.43. The molecule has 19 heavy (non-hydrogen) atoms. The van der Waals surface area contributed by atoms with Gasteiger partial charge in [-0.15, -0.1) is 0 Å². The third kappa shape index (κ3) is 3.52. The minimum Gasteiger partial charge on any atom is -0.267 e. The molecule has 3 heteroatoms. The largest absolute Gasteiger partial charge is 0.271 e. The SMILES string of the molecule is Cc1ccc(C=NNC(=O)c2ccccc2)c(C)c1. The molecule has 0 aliphatic carbocycles. The van der Waals surface area contributed by atoms with Crippen molar-refractivity contribution in [2.45, 2.75) is 13.8 Å². The Bertz CT molecular complexity index is 603. The van der Waals surface area contributed by atoms with Crippen molar-refractivity contribution in [3.8, 4) is 0 Å². The van der Waals surface area contributed by atoms with Crippen LogP contribution in [0.4, 0.5) is 0 Å². The van der Waals surface area contributed by atoms with E-state index in [1.165, 1.54) is 5.56 Å². The summed E-state index contributed by atoms with van der Waals surface area (Å²) in [6.45, 7) is 4.07. The molecule has 96 valence electrons. The molecule has 1 N–H and O–H groups in total. The molecule has 0 aromatic heterocycles. The Morgan fingerprint density at radius 3 is 2.53 bits per heavy atom. The fourth-order valence-corrected chi connectivity index (χ4v) is 1.78. The van der Waals surface area contributed by atoms with Gasteiger partial charge < -0.3 is 0 Å². The van der Waals surface area contributed by atoms with E-state index in [-0.39, 0.29) is 5.91 Å². The lowest BCUT2D eigenvalue weighted by atomic mass is 10.1. The minimum atomic E-state index is -0.207. The van der Waals surface area contributed by atoms with Crippen molar-refractivity contribution in [1.29, 1.82) is 0 Å². The Morgan fingerprint density at radius 2 is 1.84 bits per heavy atom. The molecule has 0 unspecified atom stereocenters. The molecule has 0 aliphatic rings. The van der Waals surface area contributed by atoms with Gasteiger partial charge in [-0.05, 0) is 37.1 Å². The molecule has 2 aromatic rings. The maximum Gasteiger partial charge on any atom is 0.271 e. The van der Waals surface area contributed by atoms with Crippen molar-refractivity contribution in [1.82, 2.24) is 5.43 Å². The smallest absolute Gasteiger partial charge is 0.267 e. The van der Waals surface area contributed by atoms with Gasteiger partial charge in [0.25, 0.3) is 5.91 Å². The first-order chi connectivity index (χ1) is 9.16. The number of carbonyl (C=O) groups is 1. The third-order valence-electron chi connectivity index (χ3n) is 2.83. The maximum absolute atomic E-state index is 11.7. The van der Waals surface area contributed by atoms with Crippen molar-refractivity contribution >= 4 is 12.1 Å². The van der Waals surface area contributed by atoms with E-state index in [0.717, 1.165) is 11.1 Å². The Hall–Kier alpha value is -2.42. The van der Waals surface area contributed by atoms with Crippen LogP contribution in [-0.2, 0) is 0 Å². The standard InChI is InChI=1S/C16H16N2O/c1-12-8-9-15(13(2)10-12)11-17-18-16(19)14-6-4-3-5-7-14/h3-11H,1-2H3,(H,18,19). The predicted molar refractivity (Wildman–Crippen MR) is 77.4 cm³/mol. The Kier molecular flexibility index (Phi) is 4.08. The summed E-state index contributed by atoms with van der Waals surface area (Å²) in [5, 5.41) is 3.98. The van der Waals surface area contributed by atoms with Crippen LogP contribution in [0.15, 0.2) is 53.6 Å². The quantitative estimate of drug-likeness (QED) is 0.662. The van der Waals surface area contributed by atoms with E-state index < -0.39 is 0 Å². The summed E-state index contributed by atoms with van der Waals surface area (Å²) in [5.74, 6) is -0.207. The molecule has 1 amide bonds. The Morgan fingerprint density at radius 1 is 1.11 bits per heavy atom. The second-order valence-corrected chi connectivity index (χ2v) is 4.43. The Labute approximate surface area is 113 Å². The highest BCUT2D eigenvalue weighted by Crippen LogP contribution is 2.07. The summed E-state index contributed by atoms with van der Waals surface area (Å²) < 4.78 is 0. The molecule has 3 nitrogen and oxygen atoms in total. The first-order valence-corrected chi connectivity index (χ1v) is 6.12. The van der Waals surface area contributed by atoms with Crippen LogP contribution < -0.4 is 5.43 Å². The molecule has 0 fully saturated rings. The van der Waals surface area contributed by atoms with Crippen LogP contribution in [0.2, 0.25) is 0 Å². The maximum atomic E-state index is 11.7. The molecule has 0 heterocycles. The molecule has 0 atom stereocenters. The number of amides is 1. The van der Waals surface area contributed by atoms with Gasteiger partial charge in [-0.1, -0.05) is 42.0 Å². The molecular formula is C16H16N2O. The fraction of sp³-hybridized carbons (Fsp3) is 0.125. The summed E-state index contributed by atoms with van der Waals surface area (Å²) in [7, 11) is 0. The van der Waals surface area contributed by atoms with Crippen LogP contribution in [0.5, 0.6) is 0 Å². The van der Waals surface area contributed by atoms with Crippen LogP contribution in [0, 0.1) is 13.8 Å². The highest BCUT2D eigenvalue weighted by molar-refractivity contribution is 5.94. The summed E-state index contributed by atoms with van der Waals surface area (Å²) >= 11 is 0. The molecule has 2 rings (SSSR count). The summed E-state index contributed by atoms with van der Waals surface area (Å²) in [4.78, 5) is 11.7. The van der Waals surface area contributed by atoms with Crippen LogP contribution in [-0.4, -0.2) is 12.1 Å². The van der Waals surface area contributed by atoms with E-state index in [1.54, 1.807) is 18.3 Å². The number of rotatable bonds is 3. The lowest BCUT2D eigenvalue weighted by Crippen LogP contribution is -2.17. The number of nitrogens with zero attached hydrogens (tertiary/aromatic N) is 1. The van der Waals surface area contributed by atoms with Gasteiger partial charge >= 0.3 is 0 Å². The normalized spacial score (nSPS) is 10.6. The summed E-state index contributed by atoms with van der Waals surface area (Å²) in [6.07, 6.45) is 1.66. The molecule has 0 spiro atoms. The molecular weight excluding hydrogens is 236 g/mol. The van der Waals surface area contributed by atoms with Gasteiger partial charge in [-0.2, -0.15) is 5.10 Å². The lowest BCUT2D eigenvalue weighted by molar-refractivity contribution is 0.0955. The van der Waals surface area contributed by atoms with Crippen molar-refractivity contribution in [3.63, 3.8) is 0 Å². The molecule has 0 radical (unpaired) electrons. The number of aryl methyl sites for hydroxylation is 2. The minimum absolute atomic E-state index is 0.207. The van der Waals surface area contributed by atoms with Crippen LogP contribution in [0.1, 0.15) is 27.0 Å². The molecule has 2 aromatic carbocycles. The monoisotopic (exact) mass is 252 g/mol. The van der Waals surface area contributed by atoms with E-state index in [1.807, 2.05) is 44.2 Å². The van der Waals surface area contributed by atoms with Crippen LogP contribution in [0.3, 0.4) is 0 Å². The van der Waals surface area contributed by atoms with Gasteiger partial charge in [0, 0.05) is 5.56 Å². The van der Waals surface area contributed by atoms with E-state index in [0.29, 0.717) is 5.56 Å². The van der Waals surface area contributed by atoms with Gasteiger partial charge in [-0.3, -0.25) is 4.79 Å². The number of hydrogen-bond acceptors (Lipinski definition) is 2. The zero-order valence-electron chi connectivity index (χ0n) is 11.1. The van der Waals surface area contributed by atoms with Gasteiger partial charge in [0.1, 0.15) is 0 Å². The van der Waals surface area contributed by atoms with Crippen molar-refractivity contribution in [2.24, 2.45) is 5.10 Å². The van der Waals surface area contributed by atoms with E-state index in [2.05, 4.69) is 16.6 Å². The number of carbonyl (C=O) groups excluding carboxylic acids is 1. The average molecular weight is 252 g/mol.